The van der Waals surface area contributed by atoms with Crippen molar-refractivity contribution in [3.05, 3.63) is 70.0 Å². The molecule has 4 rings (SSSR count). The SMILES string of the molecule is O=C(Cc1cc(F)cc(F)c1)Nn1nc(N2CCOCC2)c2ccccc2c1=O. The first kappa shape index (κ1) is 19.0. The molecular weight excluding hydrogens is 382 g/mol. The monoisotopic (exact) mass is 400 g/mol. The Labute approximate surface area is 164 Å². The van der Waals surface area contributed by atoms with E-state index in [0.717, 1.165) is 23.0 Å². The molecule has 0 aliphatic carbocycles. The van der Waals surface area contributed by atoms with Crippen molar-refractivity contribution in [1.29, 1.82) is 0 Å². The molecule has 29 heavy (non-hydrogen) atoms. The maximum atomic E-state index is 13.3. The molecule has 9 heteroatoms. The number of hydrogen-bond donors (Lipinski definition) is 1. The third kappa shape index (κ3) is 4.09. The van der Waals surface area contributed by atoms with Gasteiger partial charge in [-0.25, -0.2) is 14.2 Å². The number of carbonyl (C=O) groups excluding carboxylic acids is 1. The minimum atomic E-state index is -0.775. The number of carbonyl (C=O) groups is 1. The van der Waals surface area contributed by atoms with Gasteiger partial charge in [0.15, 0.2) is 5.82 Å². The highest BCUT2D eigenvalue weighted by Gasteiger charge is 2.19. The highest BCUT2D eigenvalue weighted by Crippen LogP contribution is 2.22. The Balaban J connectivity index is 1.67. The van der Waals surface area contributed by atoms with Gasteiger partial charge < -0.3 is 9.64 Å². The zero-order valence-corrected chi connectivity index (χ0v) is 15.4. The van der Waals surface area contributed by atoms with Gasteiger partial charge in [0, 0.05) is 24.5 Å². The number of anilines is 1. The molecule has 1 amide bonds. The third-order valence-corrected chi connectivity index (χ3v) is 4.61. The summed E-state index contributed by atoms with van der Waals surface area (Å²) in [6, 6.07) is 9.87. The van der Waals surface area contributed by atoms with Crippen molar-refractivity contribution in [3.63, 3.8) is 0 Å². The van der Waals surface area contributed by atoms with Crippen LogP contribution in [-0.4, -0.2) is 42.1 Å². The number of ether oxygens (including phenoxy) is 1. The fourth-order valence-corrected chi connectivity index (χ4v) is 3.31. The van der Waals surface area contributed by atoms with Gasteiger partial charge in [-0.15, -0.1) is 9.89 Å². The quantitative estimate of drug-likeness (QED) is 0.723. The van der Waals surface area contributed by atoms with Gasteiger partial charge in [0.1, 0.15) is 11.6 Å². The van der Waals surface area contributed by atoms with Gasteiger partial charge in [0.05, 0.1) is 25.0 Å². The van der Waals surface area contributed by atoms with E-state index in [9.17, 15) is 18.4 Å². The van der Waals surface area contributed by atoms with E-state index in [4.69, 9.17) is 4.74 Å². The van der Waals surface area contributed by atoms with Gasteiger partial charge in [0.2, 0.25) is 5.91 Å². The number of nitrogens with zero attached hydrogens (tertiary/aromatic N) is 3. The van der Waals surface area contributed by atoms with Crippen LogP contribution in [0.3, 0.4) is 0 Å². The number of aromatic nitrogens is 2. The molecule has 2 aromatic carbocycles. The van der Waals surface area contributed by atoms with Crippen LogP contribution >= 0.6 is 0 Å². The van der Waals surface area contributed by atoms with Crippen LogP contribution in [0.5, 0.6) is 0 Å². The Kier molecular flexibility index (Phi) is 5.22. The topological polar surface area (TPSA) is 76.5 Å². The molecule has 3 aromatic rings. The molecular formula is C20H18F2N4O3. The Bertz CT molecular complexity index is 1110. The van der Waals surface area contributed by atoms with Crippen LogP contribution in [0.1, 0.15) is 5.56 Å². The first-order chi connectivity index (χ1) is 14.0. The molecule has 1 aliphatic heterocycles. The van der Waals surface area contributed by atoms with Gasteiger partial charge in [-0.05, 0) is 23.8 Å². The molecule has 150 valence electrons. The Morgan fingerprint density at radius 2 is 1.72 bits per heavy atom. The van der Waals surface area contributed by atoms with E-state index in [1.165, 1.54) is 0 Å². The van der Waals surface area contributed by atoms with Gasteiger partial charge in [-0.3, -0.25) is 9.59 Å². The minimum Gasteiger partial charge on any atom is -0.378 e. The van der Waals surface area contributed by atoms with E-state index >= 15 is 0 Å². The molecule has 1 aromatic heterocycles. The number of benzene rings is 2. The summed E-state index contributed by atoms with van der Waals surface area (Å²) in [7, 11) is 0. The van der Waals surface area contributed by atoms with Gasteiger partial charge in [-0.2, -0.15) is 0 Å². The van der Waals surface area contributed by atoms with Crippen LogP contribution in [0.25, 0.3) is 10.8 Å². The van der Waals surface area contributed by atoms with Crippen LogP contribution < -0.4 is 15.9 Å². The maximum Gasteiger partial charge on any atom is 0.294 e. The van der Waals surface area contributed by atoms with Crippen LogP contribution in [0.15, 0.2) is 47.3 Å². The lowest BCUT2D eigenvalue weighted by Gasteiger charge is -2.29. The molecule has 0 bridgehead atoms. The largest absolute Gasteiger partial charge is 0.378 e. The molecule has 1 aliphatic rings. The Morgan fingerprint density at radius 3 is 2.41 bits per heavy atom. The van der Waals surface area contributed by atoms with Gasteiger partial charge in [0.25, 0.3) is 5.56 Å². The lowest BCUT2D eigenvalue weighted by atomic mass is 10.1. The average Bonchev–Trinajstić information content (AvgIpc) is 2.70. The third-order valence-electron chi connectivity index (χ3n) is 4.61. The summed E-state index contributed by atoms with van der Waals surface area (Å²) in [5.41, 5.74) is 2.09. The molecule has 0 radical (unpaired) electrons. The van der Waals surface area contributed by atoms with Gasteiger partial charge in [-0.1, -0.05) is 18.2 Å². The van der Waals surface area contributed by atoms with Crippen molar-refractivity contribution < 1.29 is 18.3 Å². The van der Waals surface area contributed by atoms with Crippen LogP contribution in [0.4, 0.5) is 14.6 Å². The first-order valence-electron chi connectivity index (χ1n) is 9.11. The summed E-state index contributed by atoms with van der Waals surface area (Å²) < 4.78 is 32.1. The zero-order valence-electron chi connectivity index (χ0n) is 15.4. The highest BCUT2D eigenvalue weighted by atomic mass is 19.1. The summed E-state index contributed by atoms with van der Waals surface area (Å²) in [4.78, 5) is 28.0. The molecule has 1 saturated heterocycles. The van der Waals surface area contributed by atoms with Crippen LogP contribution in [0.2, 0.25) is 0 Å². The minimum absolute atomic E-state index is 0.155. The molecule has 0 saturated carbocycles. The molecule has 2 heterocycles. The van der Waals surface area contributed by atoms with E-state index in [-0.39, 0.29) is 12.0 Å². The van der Waals surface area contributed by atoms with E-state index in [1.54, 1.807) is 18.2 Å². The number of halogens is 2. The average molecular weight is 400 g/mol. The normalized spacial score (nSPS) is 14.2. The van der Waals surface area contributed by atoms with Crippen molar-refractivity contribution in [1.82, 2.24) is 9.89 Å². The van der Waals surface area contributed by atoms with Crippen molar-refractivity contribution in [2.24, 2.45) is 0 Å². The second-order valence-electron chi connectivity index (χ2n) is 6.68. The number of morpholine rings is 1. The van der Waals surface area contributed by atoms with E-state index < -0.39 is 23.1 Å². The first-order valence-corrected chi connectivity index (χ1v) is 9.11. The lowest BCUT2D eigenvalue weighted by molar-refractivity contribution is -0.116. The predicted octanol–water partition coefficient (Wildman–Crippen LogP) is 1.82. The van der Waals surface area contributed by atoms with E-state index in [0.29, 0.717) is 42.9 Å². The van der Waals surface area contributed by atoms with Crippen LogP contribution in [0, 0.1) is 11.6 Å². The summed E-state index contributed by atoms with van der Waals surface area (Å²) in [5.74, 6) is -1.61. The van der Waals surface area contributed by atoms with E-state index in [1.807, 2.05) is 11.0 Å². The number of nitrogens with one attached hydrogen (secondary N) is 1. The number of rotatable bonds is 4. The lowest BCUT2D eigenvalue weighted by Crippen LogP contribution is -2.41. The van der Waals surface area contributed by atoms with Crippen molar-refractivity contribution in [3.8, 4) is 0 Å². The molecule has 0 atom stereocenters. The maximum absolute atomic E-state index is 13.3. The second-order valence-corrected chi connectivity index (χ2v) is 6.68. The number of hydrogen-bond acceptors (Lipinski definition) is 5. The molecule has 1 N–H and O–H groups in total. The fourth-order valence-electron chi connectivity index (χ4n) is 3.31. The second kappa shape index (κ2) is 7.96. The van der Waals surface area contributed by atoms with Crippen LogP contribution in [-0.2, 0) is 16.0 Å². The Hall–Kier alpha value is -3.33. The number of amides is 1. The molecule has 7 nitrogen and oxygen atoms in total. The molecule has 0 spiro atoms. The summed E-state index contributed by atoms with van der Waals surface area (Å²) >= 11 is 0. The van der Waals surface area contributed by atoms with E-state index in [2.05, 4.69) is 10.5 Å². The highest BCUT2D eigenvalue weighted by molar-refractivity contribution is 5.92. The predicted molar refractivity (Wildman–Crippen MR) is 103 cm³/mol. The molecule has 0 unspecified atom stereocenters. The summed E-state index contributed by atoms with van der Waals surface area (Å²) in [6.07, 6.45) is -0.303. The van der Waals surface area contributed by atoms with Crippen molar-refractivity contribution >= 4 is 22.5 Å². The molecule has 1 fully saturated rings. The van der Waals surface area contributed by atoms with Gasteiger partial charge >= 0.3 is 0 Å². The fraction of sp³-hybridized carbons (Fsp3) is 0.250. The van der Waals surface area contributed by atoms with Crippen molar-refractivity contribution in [2.45, 2.75) is 6.42 Å². The van der Waals surface area contributed by atoms with Crippen molar-refractivity contribution in [2.75, 3.05) is 36.6 Å². The number of fused-ring (bicyclic) bond motifs is 1. The summed E-state index contributed by atoms with van der Waals surface area (Å²) in [5, 5.41) is 5.42. The zero-order chi connectivity index (χ0) is 20.4. The Morgan fingerprint density at radius 1 is 1.07 bits per heavy atom. The smallest absolute Gasteiger partial charge is 0.294 e. The standard InChI is InChI=1S/C20H18F2N4O3/c21-14-9-13(10-15(22)12-14)11-18(27)23-26-20(28)17-4-2-1-3-16(17)19(24-26)25-5-7-29-8-6-25/h1-4,9-10,12H,5-8,11H2,(H,23,27). The summed E-state index contributed by atoms with van der Waals surface area (Å²) in [6.45, 7) is 2.27.